The Morgan fingerprint density at radius 1 is 1.17 bits per heavy atom. The Hall–Kier alpha value is -1.42. The maximum absolute atomic E-state index is 9.06. The van der Waals surface area contributed by atoms with E-state index in [1.807, 2.05) is 30.3 Å². The van der Waals surface area contributed by atoms with Gasteiger partial charge >= 0.3 is 0 Å². The van der Waals surface area contributed by atoms with Crippen LogP contribution < -0.4 is 5.32 Å². The monoisotopic (exact) mass is 262 g/mol. The van der Waals surface area contributed by atoms with Gasteiger partial charge in [0.2, 0.25) is 0 Å². The summed E-state index contributed by atoms with van der Waals surface area (Å²) >= 11 is 6.02. The van der Waals surface area contributed by atoms with Crippen molar-refractivity contribution in [2.24, 2.45) is 0 Å². The minimum Gasteiger partial charge on any atom is -0.392 e. The minimum atomic E-state index is 0.0734. The highest BCUT2D eigenvalue weighted by molar-refractivity contribution is 6.31. The molecule has 0 aliphatic rings. The third kappa shape index (κ3) is 3.53. The molecule has 18 heavy (non-hydrogen) atoms. The van der Waals surface area contributed by atoms with Crippen LogP contribution >= 0.6 is 11.6 Å². The average molecular weight is 263 g/mol. The molecule has 94 valence electrons. The second kappa shape index (κ2) is 6.50. The highest BCUT2D eigenvalue weighted by atomic mass is 35.5. The number of pyridine rings is 1. The van der Waals surface area contributed by atoms with E-state index >= 15 is 0 Å². The fraction of sp³-hybridized carbons (Fsp3) is 0.214. The first-order valence-electron chi connectivity index (χ1n) is 5.77. The molecule has 2 aromatic rings. The Morgan fingerprint density at radius 3 is 2.78 bits per heavy atom. The first kappa shape index (κ1) is 13.0. The number of halogens is 1. The molecule has 0 aliphatic carbocycles. The summed E-state index contributed by atoms with van der Waals surface area (Å²) in [6, 6.07) is 9.77. The molecule has 0 saturated heterocycles. The van der Waals surface area contributed by atoms with E-state index in [4.69, 9.17) is 16.7 Å². The van der Waals surface area contributed by atoms with E-state index in [2.05, 4.69) is 10.3 Å². The van der Waals surface area contributed by atoms with Crippen molar-refractivity contribution >= 4 is 11.6 Å². The molecular formula is C14H15ClN2O. The number of rotatable bonds is 5. The maximum atomic E-state index is 9.06. The lowest BCUT2D eigenvalue weighted by Crippen LogP contribution is -2.13. The summed E-state index contributed by atoms with van der Waals surface area (Å²) < 4.78 is 0. The Balaban J connectivity index is 1.90. The number of nitrogens with one attached hydrogen (secondary N) is 1. The van der Waals surface area contributed by atoms with Gasteiger partial charge in [-0.25, -0.2) is 0 Å². The molecule has 0 aliphatic heterocycles. The van der Waals surface area contributed by atoms with Crippen LogP contribution in [-0.4, -0.2) is 10.1 Å². The molecule has 2 N–H and O–H groups in total. The van der Waals surface area contributed by atoms with E-state index in [-0.39, 0.29) is 6.61 Å². The molecular weight excluding hydrogens is 248 g/mol. The zero-order valence-corrected chi connectivity index (χ0v) is 10.7. The Bertz CT molecular complexity index is 517. The summed E-state index contributed by atoms with van der Waals surface area (Å²) in [6.07, 6.45) is 3.38. The van der Waals surface area contributed by atoms with E-state index in [1.54, 1.807) is 12.4 Å². The molecule has 0 bridgehead atoms. The molecule has 0 amide bonds. The first-order chi connectivity index (χ1) is 8.79. The van der Waals surface area contributed by atoms with Crippen LogP contribution in [0.25, 0.3) is 0 Å². The molecule has 3 nitrogen and oxygen atoms in total. The van der Waals surface area contributed by atoms with Gasteiger partial charge < -0.3 is 10.4 Å². The first-order valence-corrected chi connectivity index (χ1v) is 6.15. The number of hydrogen-bond acceptors (Lipinski definition) is 3. The van der Waals surface area contributed by atoms with Crippen LogP contribution in [0.4, 0.5) is 0 Å². The van der Waals surface area contributed by atoms with Crippen LogP contribution in [0.5, 0.6) is 0 Å². The Labute approximate surface area is 111 Å². The highest BCUT2D eigenvalue weighted by Gasteiger charge is 1.99. The normalized spacial score (nSPS) is 10.6. The van der Waals surface area contributed by atoms with Gasteiger partial charge in [0.15, 0.2) is 0 Å². The van der Waals surface area contributed by atoms with Crippen LogP contribution in [0.1, 0.15) is 16.7 Å². The second-order valence-corrected chi connectivity index (χ2v) is 4.46. The van der Waals surface area contributed by atoms with Crippen molar-refractivity contribution in [3.8, 4) is 0 Å². The zero-order valence-electron chi connectivity index (χ0n) is 9.94. The van der Waals surface area contributed by atoms with Gasteiger partial charge in [0.25, 0.3) is 0 Å². The van der Waals surface area contributed by atoms with Crippen molar-refractivity contribution in [2.45, 2.75) is 19.7 Å². The van der Waals surface area contributed by atoms with Crippen LogP contribution in [0.15, 0.2) is 42.7 Å². The number of aliphatic hydroxyl groups excluding tert-OH is 1. The van der Waals surface area contributed by atoms with Crippen LogP contribution in [0.3, 0.4) is 0 Å². The van der Waals surface area contributed by atoms with Crippen molar-refractivity contribution in [2.75, 3.05) is 0 Å². The predicted molar refractivity (Wildman–Crippen MR) is 72.2 cm³/mol. The summed E-state index contributed by atoms with van der Waals surface area (Å²) in [6.45, 7) is 1.52. The van der Waals surface area contributed by atoms with Gasteiger partial charge in [-0.2, -0.15) is 0 Å². The molecule has 0 atom stereocenters. The quantitative estimate of drug-likeness (QED) is 0.870. The van der Waals surface area contributed by atoms with Crippen molar-refractivity contribution in [1.29, 1.82) is 0 Å². The Kier molecular flexibility index (Phi) is 4.70. The zero-order chi connectivity index (χ0) is 12.8. The lowest BCUT2D eigenvalue weighted by Gasteiger charge is -2.07. The standard InChI is InChI=1S/C14H15ClN2O/c15-14-9-16-5-4-13(14)8-17-7-11-2-1-3-12(6-11)10-18/h1-6,9,17-18H,7-8,10H2. The second-order valence-electron chi connectivity index (χ2n) is 4.05. The number of benzene rings is 1. The van der Waals surface area contributed by atoms with Crippen LogP contribution in [-0.2, 0) is 19.7 Å². The smallest absolute Gasteiger partial charge is 0.0681 e. The van der Waals surface area contributed by atoms with Crippen molar-refractivity contribution < 1.29 is 5.11 Å². The molecule has 2 rings (SSSR count). The van der Waals surface area contributed by atoms with E-state index in [9.17, 15) is 0 Å². The molecule has 1 aromatic heterocycles. The Morgan fingerprint density at radius 2 is 2.00 bits per heavy atom. The molecule has 1 aromatic carbocycles. The lowest BCUT2D eigenvalue weighted by molar-refractivity contribution is 0.281. The van der Waals surface area contributed by atoms with Gasteiger partial charge in [0, 0.05) is 25.5 Å². The predicted octanol–water partition coefficient (Wildman–Crippen LogP) is 2.52. The van der Waals surface area contributed by atoms with Crippen molar-refractivity contribution in [3.05, 3.63) is 64.4 Å². The minimum absolute atomic E-state index is 0.0734. The average Bonchev–Trinajstić information content (AvgIpc) is 2.41. The fourth-order valence-electron chi connectivity index (χ4n) is 1.73. The van der Waals surface area contributed by atoms with Crippen molar-refractivity contribution in [3.63, 3.8) is 0 Å². The maximum Gasteiger partial charge on any atom is 0.0681 e. The van der Waals surface area contributed by atoms with Crippen LogP contribution in [0.2, 0.25) is 5.02 Å². The topological polar surface area (TPSA) is 45.1 Å². The largest absolute Gasteiger partial charge is 0.392 e. The van der Waals surface area contributed by atoms with Gasteiger partial charge in [-0.1, -0.05) is 35.9 Å². The summed E-state index contributed by atoms with van der Waals surface area (Å²) in [5.74, 6) is 0. The third-order valence-corrected chi connectivity index (χ3v) is 3.02. The van der Waals surface area contributed by atoms with Gasteiger partial charge in [-0.15, -0.1) is 0 Å². The molecule has 0 saturated carbocycles. The summed E-state index contributed by atoms with van der Waals surface area (Å²) in [7, 11) is 0. The molecule has 4 heteroatoms. The SMILES string of the molecule is OCc1cccc(CNCc2ccncc2Cl)c1. The summed E-state index contributed by atoms with van der Waals surface area (Å²) in [5, 5.41) is 13.0. The summed E-state index contributed by atoms with van der Waals surface area (Å²) in [5.41, 5.74) is 3.10. The van der Waals surface area contributed by atoms with Crippen molar-refractivity contribution in [1.82, 2.24) is 10.3 Å². The van der Waals surface area contributed by atoms with E-state index in [0.717, 1.165) is 23.2 Å². The highest BCUT2D eigenvalue weighted by Crippen LogP contribution is 2.13. The summed E-state index contributed by atoms with van der Waals surface area (Å²) in [4.78, 5) is 3.95. The molecule has 0 spiro atoms. The fourth-order valence-corrected chi connectivity index (χ4v) is 1.91. The molecule has 0 radical (unpaired) electrons. The van der Waals surface area contributed by atoms with Gasteiger partial charge in [0.05, 0.1) is 11.6 Å². The number of nitrogens with zero attached hydrogens (tertiary/aromatic N) is 1. The number of hydrogen-bond donors (Lipinski definition) is 2. The van der Waals surface area contributed by atoms with E-state index in [1.165, 1.54) is 0 Å². The molecule has 0 unspecified atom stereocenters. The van der Waals surface area contributed by atoms with E-state index in [0.29, 0.717) is 11.6 Å². The molecule has 1 heterocycles. The lowest BCUT2D eigenvalue weighted by atomic mass is 10.1. The van der Waals surface area contributed by atoms with Gasteiger partial charge in [0.1, 0.15) is 0 Å². The molecule has 0 fully saturated rings. The third-order valence-electron chi connectivity index (χ3n) is 2.67. The van der Waals surface area contributed by atoms with Crippen LogP contribution in [0, 0.1) is 0 Å². The number of aliphatic hydroxyl groups is 1. The number of aromatic nitrogens is 1. The van der Waals surface area contributed by atoms with Gasteiger partial charge in [-0.3, -0.25) is 4.98 Å². The van der Waals surface area contributed by atoms with Gasteiger partial charge in [-0.05, 0) is 22.8 Å². The van der Waals surface area contributed by atoms with E-state index < -0.39 is 0 Å².